The highest BCUT2D eigenvalue weighted by atomic mass is 35.5. The fourth-order valence-corrected chi connectivity index (χ4v) is 1.59. The van der Waals surface area contributed by atoms with Crippen LogP contribution in [0, 0.1) is 0 Å². The molecule has 0 aliphatic heterocycles. The Hall–Kier alpha value is -1.52. The lowest BCUT2D eigenvalue weighted by Gasteiger charge is -2.07. The van der Waals surface area contributed by atoms with Crippen molar-refractivity contribution in [2.45, 2.75) is 6.61 Å². The highest BCUT2D eigenvalue weighted by Gasteiger charge is 2.05. The van der Waals surface area contributed by atoms with E-state index in [0.717, 1.165) is 5.56 Å². The lowest BCUT2D eigenvalue weighted by molar-refractivity contribution is 0.295. The Labute approximate surface area is 108 Å². The van der Waals surface area contributed by atoms with E-state index in [-0.39, 0.29) is 11.2 Å². The van der Waals surface area contributed by atoms with Crippen molar-refractivity contribution in [3.8, 4) is 5.88 Å². The Morgan fingerprint density at radius 3 is 2.88 bits per heavy atom. The van der Waals surface area contributed by atoms with Gasteiger partial charge in [-0.3, -0.25) is 0 Å². The summed E-state index contributed by atoms with van der Waals surface area (Å²) < 4.78 is 5.44. The number of anilines is 1. The number of aromatic nitrogens is 2. The van der Waals surface area contributed by atoms with Gasteiger partial charge >= 0.3 is 0 Å². The van der Waals surface area contributed by atoms with Crippen LogP contribution in [0.4, 0.5) is 5.69 Å². The summed E-state index contributed by atoms with van der Waals surface area (Å²) in [6.45, 7) is 0.318. The van der Waals surface area contributed by atoms with Gasteiger partial charge in [-0.1, -0.05) is 23.7 Å². The lowest BCUT2D eigenvalue weighted by Crippen LogP contribution is -2.02. The summed E-state index contributed by atoms with van der Waals surface area (Å²) in [5.41, 5.74) is 6.92. The van der Waals surface area contributed by atoms with E-state index in [1.807, 2.05) is 12.1 Å². The molecule has 0 radical (unpaired) electrons. The second-order valence-electron chi connectivity index (χ2n) is 3.32. The van der Waals surface area contributed by atoms with Crippen molar-refractivity contribution in [1.29, 1.82) is 0 Å². The van der Waals surface area contributed by atoms with Gasteiger partial charge in [-0.25, -0.2) is 4.98 Å². The van der Waals surface area contributed by atoms with Gasteiger partial charge in [0.1, 0.15) is 12.3 Å². The first-order chi connectivity index (χ1) is 8.15. The third-order valence-electron chi connectivity index (χ3n) is 2.02. The highest BCUT2D eigenvalue weighted by Crippen LogP contribution is 2.20. The van der Waals surface area contributed by atoms with Crippen LogP contribution < -0.4 is 10.5 Å². The van der Waals surface area contributed by atoms with E-state index in [1.165, 1.54) is 6.20 Å². The van der Waals surface area contributed by atoms with Crippen LogP contribution in [0.1, 0.15) is 5.56 Å². The molecule has 1 aromatic carbocycles. The Bertz CT molecular complexity index is 534. The summed E-state index contributed by atoms with van der Waals surface area (Å²) in [6.07, 6.45) is 1.41. The van der Waals surface area contributed by atoms with Gasteiger partial charge in [0, 0.05) is 5.02 Å². The van der Waals surface area contributed by atoms with Crippen molar-refractivity contribution in [2.24, 2.45) is 0 Å². The zero-order valence-corrected chi connectivity index (χ0v) is 10.2. The minimum Gasteiger partial charge on any atom is -0.471 e. The van der Waals surface area contributed by atoms with Gasteiger partial charge in [0.2, 0.25) is 11.2 Å². The van der Waals surface area contributed by atoms with E-state index >= 15 is 0 Å². The normalized spacial score (nSPS) is 10.2. The third-order valence-corrected chi connectivity index (χ3v) is 2.43. The first-order valence-electron chi connectivity index (χ1n) is 4.80. The van der Waals surface area contributed by atoms with E-state index in [0.29, 0.717) is 17.3 Å². The molecule has 88 valence electrons. The van der Waals surface area contributed by atoms with E-state index < -0.39 is 0 Å². The van der Waals surface area contributed by atoms with Gasteiger partial charge in [0.25, 0.3) is 0 Å². The minimum absolute atomic E-state index is 0.0975. The van der Waals surface area contributed by atoms with Gasteiger partial charge in [-0.05, 0) is 29.3 Å². The van der Waals surface area contributed by atoms with Crippen LogP contribution in [-0.2, 0) is 6.61 Å². The quantitative estimate of drug-likeness (QED) is 0.871. The number of benzene rings is 1. The molecule has 0 saturated heterocycles. The average Bonchev–Trinajstić information content (AvgIpc) is 2.30. The van der Waals surface area contributed by atoms with Crippen molar-refractivity contribution in [3.63, 3.8) is 0 Å². The first kappa shape index (κ1) is 12.0. The molecule has 0 fully saturated rings. The van der Waals surface area contributed by atoms with Crippen molar-refractivity contribution in [1.82, 2.24) is 9.97 Å². The molecule has 2 N–H and O–H groups in total. The third kappa shape index (κ3) is 3.22. The summed E-state index contributed by atoms with van der Waals surface area (Å²) >= 11 is 11.5. The minimum atomic E-state index is 0.0975. The molecule has 1 aromatic heterocycles. The highest BCUT2D eigenvalue weighted by molar-refractivity contribution is 6.30. The van der Waals surface area contributed by atoms with Gasteiger partial charge in [0.15, 0.2) is 0 Å². The van der Waals surface area contributed by atoms with Gasteiger partial charge < -0.3 is 10.5 Å². The molecular formula is C11H9Cl2N3O. The predicted molar refractivity (Wildman–Crippen MR) is 67.2 cm³/mol. The summed E-state index contributed by atoms with van der Waals surface area (Å²) in [4.78, 5) is 7.62. The smallest absolute Gasteiger partial charge is 0.241 e. The molecule has 2 rings (SSSR count). The largest absolute Gasteiger partial charge is 0.471 e. The molecule has 0 amide bonds. The zero-order valence-electron chi connectivity index (χ0n) is 8.73. The monoisotopic (exact) mass is 269 g/mol. The molecule has 0 aliphatic rings. The Balaban J connectivity index is 2.09. The molecule has 0 bridgehead atoms. The maximum absolute atomic E-state index is 5.86. The topological polar surface area (TPSA) is 61.0 Å². The maximum atomic E-state index is 5.86. The van der Waals surface area contributed by atoms with Crippen LogP contribution in [0.2, 0.25) is 10.3 Å². The van der Waals surface area contributed by atoms with Crippen molar-refractivity contribution >= 4 is 28.9 Å². The molecule has 0 aliphatic carbocycles. The van der Waals surface area contributed by atoms with E-state index in [2.05, 4.69) is 9.97 Å². The van der Waals surface area contributed by atoms with Crippen LogP contribution in [0.15, 0.2) is 30.5 Å². The zero-order chi connectivity index (χ0) is 12.3. The number of hydrogen-bond donors (Lipinski definition) is 1. The number of ether oxygens (including phenoxy) is 1. The number of nitrogens with zero attached hydrogens (tertiary/aromatic N) is 2. The lowest BCUT2D eigenvalue weighted by atomic mass is 10.2. The SMILES string of the molecule is Nc1cnc(Cl)nc1OCc1cccc(Cl)c1. The fourth-order valence-electron chi connectivity index (χ4n) is 1.25. The number of nitrogen functional groups attached to an aromatic ring is 1. The van der Waals surface area contributed by atoms with Crippen molar-refractivity contribution in [2.75, 3.05) is 5.73 Å². The average molecular weight is 270 g/mol. The van der Waals surface area contributed by atoms with Gasteiger partial charge in [0.05, 0.1) is 6.20 Å². The fraction of sp³-hybridized carbons (Fsp3) is 0.0909. The first-order valence-corrected chi connectivity index (χ1v) is 5.56. The maximum Gasteiger partial charge on any atom is 0.241 e. The molecule has 17 heavy (non-hydrogen) atoms. The number of halogens is 2. The van der Waals surface area contributed by atoms with Crippen LogP contribution >= 0.6 is 23.2 Å². The van der Waals surface area contributed by atoms with E-state index in [4.69, 9.17) is 33.7 Å². The van der Waals surface area contributed by atoms with Gasteiger partial charge in [-0.2, -0.15) is 4.98 Å². The Morgan fingerprint density at radius 1 is 1.29 bits per heavy atom. The van der Waals surface area contributed by atoms with Crippen LogP contribution in [0.5, 0.6) is 5.88 Å². The Kier molecular flexibility index (Phi) is 3.66. The number of hydrogen-bond acceptors (Lipinski definition) is 4. The molecule has 6 heteroatoms. The molecule has 2 aromatic rings. The molecular weight excluding hydrogens is 261 g/mol. The molecule has 1 heterocycles. The molecule has 4 nitrogen and oxygen atoms in total. The van der Waals surface area contributed by atoms with Crippen LogP contribution in [0.3, 0.4) is 0 Å². The van der Waals surface area contributed by atoms with Crippen molar-refractivity contribution < 1.29 is 4.74 Å². The molecule has 0 spiro atoms. The van der Waals surface area contributed by atoms with E-state index in [9.17, 15) is 0 Å². The standard InChI is InChI=1S/C11H9Cl2N3O/c12-8-3-1-2-7(4-8)6-17-10-9(14)5-15-11(13)16-10/h1-5H,6,14H2. The second-order valence-corrected chi connectivity index (χ2v) is 4.09. The predicted octanol–water partition coefficient (Wildman–Crippen LogP) is 2.94. The summed E-state index contributed by atoms with van der Waals surface area (Å²) in [5.74, 6) is 0.268. The van der Waals surface area contributed by atoms with Crippen molar-refractivity contribution in [3.05, 3.63) is 46.3 Å². The van der Waals surface area contributed by atoms with Crippen LogP contribution in [-0.4, -0.2) is 9.97 Å². The molecule has 0 atom stereocenters. The van der Waals surface area contributed by atoms with Gasteiger partial charge in [-0.15, -0.1) is 0 Å². The molecule has 0 saturated carbocycles. The van der Waals surface area contributed by atoms with Crippen LogP contribution in [0.25, 0.3) is 0 Å². The Morgan fingerprint density at radius 2 is 2.12 bits per heavy atom. The number of nitrogens with two attached hydrogens (primary N) is 1. The summed E-state index contributed by atoms with van der Waals surface area (Å²) in [5, 5.41) is 0.750. The second kappa shape index (κ2) is 5.21. The number of rotatable bonds is 3. The summed E-state index contributed by atoms with van der Waals surface area (Å²) in [7, 11) is 0. The molecule has 0 unspecified atom stereocenters. The summed E-state index contributed by atoms with van der Waals surface area (Å²) in [6, 6.07) is 7.34. The van der Waals surface area contributed by atoms with E-state index in [1.54, 1.807) is 12.1 Å².